The zero-order chi connectivity index (χ0) is 13.1. The molecule has 0 amide bonds. The van der Waals surface area contributed by atoms with Crippen LogP contribution in [-0.2, 0) is 6.54 Å². The maximum atomic E-state index is 13.1. The molecule has 2 rings (SSSR count). The third kappa shape index (κ3) is 2.92. The molecule has 1 aromatic carbocycles. The Hall–Kier alpha value is -1.75. The van der Waals surface area contributed by atoms with Gasteiger partial charge in [-0.15, -0.1) is 0 Å². The molecule has 0 aliphatic heterocycles. The van der Waals surface area contributed by atoms with E-state index in [1.54, 1.807) is 6.07 Å². The molecule has 1 unspecified atom stereocenters. The highest BCUT2D eigenvalue weighted by atomic mass is 19.2. The van der Waals surface area contributed by atoms with Gasteiger partial charge in [0.25, 0.3) is 0 Å². The number of hydrogen-bond donors (Lipinski definition) is 1. The van der Waals surface area contributed by atoms with Gasteiger partial charge >= 0.3 is 0 Å². The van der Waals surface area contributed by atoms with Crippen LogP contribution in [0.3, 0.4) is 0 Å². The maximum absolute atomic E-state index is 13.1. The molecule has 0 fully saturated rings. The minimum absolute atomic E-state index is 0.106. The van der Waals surface area contributed by atoms with Crippen molar-refractivity contribution in [2.45, 2.75) is 26.4 Å². The van der Waals surface area contributed by atoms with E-state index in [0.29, 0.717) is 17.9 Å². The Labute approximate surface area is 104 Å². The van der Waals surface area contributed by atoms with E-state index in [2.05, 4.69) is 10.5 Å². The predicted octanol–water partition coefficient (Wildman–Crippen LogP) is 3.11. The summed E-state index contributed by atoms with van der Waals surface area (Å²) >= 11 is 0. The first-order valence-electron chi connectivity index (χ1n) is 5.67. The Balaban J connectivity index is 1.99. The lowest BCUT2D eigenvalue weighted by molar-refractivity contribution is 0.363. The summed E-state index contributed by atoms with van der Waals surface area (Å²) in [6, 6.07) is 5.60. The van der Waals surface area contributed by atoms with E-state index in [1.165, 1.54) is 6.07 Å². The van der Waals surface area contributed by atoms with Crippen molar-refractivity contribution in [3.8, 4) is 0 Å². The largest absolute Gasteiger partial charge is 0.360 e. The first kappa shape index (κ1) is 12.7. The monoisotopic (exact) mass is 252 g/mol. The van der Waals surface area contributed by atoms with Gasteiger partial charge in [-0.1, -0.05) is 11.2 Å². The van der Waals surface area contributed by atoms with Crippen molar-refractivity contribution in [3.63, 3.8) is 0 Å². The highest BCUT2D eigenvalue weighted by Crippen LogP contribution is 2.16. The molecule has 1 N–H and O–H groups in total. The van der Waals surface area contributed by atoms with Crippen molar-refractivity contribution in [1.82, 2.24) is 10.5 Å². The van der Waals surface area contributed by atoms with Crippen LogP contribution in [0.4, 0.5) is 8.78 Å². The summed E-state index contributed by atoms with van der Waals surface area (Å²) < 4.78 is 30.9. The van der Waals surface area contributed by atoms with Crippen molar-refractivity contribution in [2.75, 3.05) is 0 Å². The minimum Gasteiger partial charge on any atom is -0.360 e. The topological polar surface area (TPSA) is 38.1 Å². The maximum Gasteiger partial charge on any atom is 0.159 e. The van der Waals surface area contributed by atoms with Gasteiger partial charge in [-0.2, -0.15) is 0 Å². The van der Waals surface area contributed by atoms with Crippen LogP contribution in [0.2, 0.25) is 0 Å². The van der Waals surface area contributed by atoms with Crippen LogP contribution in [-0.4, -0.2) is 5.16 Å². The molecule has 0 aliphatic rings. The molecule has 5 heteroatoms. The summed E-state index contributed by atoms with van der Waals surface area (Å²) in [5.74, 6) is -0.963. The first-order chi connectivity index (χ1) is 8.56. The molecule has 96 valence electrons. The number of nitrogens with one attached hydrogen (secondary N) is 1. The number of aryl methyl sites for hydroxylation is 1. The predicted molar refractivity (Wildman–Crippen MR) is 62.9 cm³/mol. The minimum atomic E-state index is -0.836. The molecule has 0 radical (unpaired) electrons. The zero-order valence-corrected chi connectivity index (χ0v) is 10.2. The van der Waals surface area contributed by atoms with Crippen LogP contribution in [0.1, 0.15) is 30.0 Å². The first-order valence-corrected chi connectivity index (χ1v) is 5.67. The van der Waals surface area contributed by atoms with Gasteiger partial charge in [0.2, 0.25) is 0 Å². The van der Waals surface area contributed by atoms with Crippen LogP contribution in [0, 0.1) is 18.6 Å². The van der Waals surface area contributed by atoms with Crippen molar-refractivity contribution in [3.05, 3.63) is 52.9 Å². The lowest BCUT2D eigenvalue weighted by Crippen LogP contribution is -2.18. The van der Waals surface area contributed by atoms with Gasteiger partial charge < -0.3 is 9.84 Å². The summed E-state index contributed by atoms with van der Waals surface area (Å²) in [4.78, 5) is 0. The van der Waals surface area contributed by atoms with E-state index in [1.807, 2.05) is 19.9 Å². The van der Waals surface area contributed by atoms with E-state index in [0.717, 1.165) is 11.8 Å². The highest BCUT2D eigenvalue weighted by molar-refractivity contribution is 5.20. The molecule has 0 bridgehead atoms. The number of benzene rings is 1. The average molecular weight is 252 g/mol. The summed E-state index contributed by atoms with van der Waals surface area (Å²) in [6.07, 6.45) is 0. The van der Waals surface area contributed by atoms with E-state index in [-0.39, 0.29) is 6.04 Å². The zero-order valence-electron chi connectivity index (χ0n) is 10.2. The Bertz CT molecular complexity index is 540. The van der Waals surface area contributed by atoms with Gasteiger partial charge in [0.05, 0.1) is 12.2 Å². The van der Waals surface area contributed by atoms with E-state index in [9.17, 15) is 8.78 Å². The Kier molecular flexibility index (Phi) is 3.72. The second-order valence-electron chi connectivity index (χ2n) is 4.21. The molecule has 0 saturated carbocycles. The molecular weight excluding hydrogens is 238 g/mol. The average Bonchev–Trinajstić information content (AvgIpc) is 2.75. The van der Waals surface area contributed by atoms with Gasteiger partial charge in [-0.3, -0.25) is 0 Å². The van der Waals surface area contributed by atoms with Gasteiger partial charge in [-0.05, 0) is 31.5 Å². The molecule has 18 heavy (non-hydrogen) atoms. The van der Waals surface area contributed by atoms with Crippen LogP contribution < -0.4 is 5.32 Å². The van der Waals surface area contributed by atoms with Crippen LogP contribution in [0.15, 0.2) is 28.8 Å². The number of hydrogen-bond acceptors (Lipinski definition) is 3. The third-order valence-corrected chi connectivity index (χ3v) is 2.70. The normalized spacial score (nSPS) is 12.7. The fraction of sp³-hybridized carbons (Fsp3) is 0.308. The number of rotatable bonds is 4. The Morgan fingerprint density at radius 1 is 1.28 bits per heavy atom. The van der Waals surface area contributed by atoms with Gasteiger partial charge in [0.1, 0.15) is 0 Å². The summed E-state index contributed by atoms with van der Waals surface area (Å²) in [7, 11) is 0. The molecule has 0 spiro atoms. The molecule has 0 aliphatic carbocycles. The summed E-state index contributed by atoms with van der Waals surface area (Å²) in [6.45, 7) is 4.20. The Morgan fingerprint density at radius 3 is 2.67 bits per heavy atom. The lowest BCUT2D eigenvalue weighted by atomic mass is 10.1. The van der Waals surface area contributed by atoms with E-state index in [4.69, 9.17) is 4.52 Å². The Morgan fingerprint density at radius 2 is 2.06 bits per heavy atom. The van der Waals surface area contributed by atoms with Crippen molar-refractivity contribution in [1.29, 1.82) is 0 Å². The van der Waals surface area contributed by atoms with E-state index < -0.39 is 11.6 Å². The van der Waals surface area contributed by atoms with Gasteiger partial charge in [0, 0.05) is 12.1 Å². The molecule has 2 aromatic rings. The second-order valence-corrected chi connectivity index (χ2v) is 4.21. The van der Waals surface area contributed by atoms with E-state index >= 15 is 0 Å². The number of aromatic nitrogens is 1. The molecule has 1 heterocycles. The van der Waals surface area contributed by atoms with Crippen LogP contribution in [0.25, 0.3) is 0 Å². The standard InChI is InChI=1S/C13H14F2N2O/c1-8-5-11(18-17-8)7-16-9(2)10-3-4-12(14)13(15)6-10/h3-6,9,16H,7H2,1-2H3. The highest BCUT2D eigenvalue weighted by Gasteiger charge is 2.10. The fourth-order valence-electron chi connectivity index (χ4n) is 1.65. The quantitative estimate of drug-likeness (QED) is 0.908. The summed E-state index contributed by atoms with van der Waals surface area (Å²) in [5, 5.41) is 6.92. The van der Waals surface area contributed by atoms with Gasteiger partial charge in [-0.25, -0.2) is 8.78 Å². The van der Waals surface area contributed by atoms with Crippen LogP contribution in [0.5, 0.6) is 0 Å². The smallest absolute Gasteiger partial charge is 0.159 e. The molecular formula is C13H14F2N2O. The third-order valence-electron chi connectivity index (χ3n) is 2.70. The second kappa shape index (κ2) is 5.27. The number of halogens is 2. The van der Waals surface area contributed by atoms with Crippen molar-refractivity contribution >= 4 is 0 Å². The number of nitrogens with zero attached hydrogens (tertiary/aromatic N) is 1. The molecule has 1 atom stereocenters. The van der Waals surface area contributed by atoms with Crippen molar-refractivity contribution in [2.24, 2.45) is 0 Å². The van der Waals surface area contributed by atoms with Crippen LogP contribution >= 0.6 is 0 Å². The SMILES string of the molecule is Cc1cc(CNC(C)c2ccc(F)c(F)c2)on1. The molecule has 3 nitrogen and oxygen atoms in total. The van der Waals surface area contributed by atoms with Gasteiger partial charge in [0.15, 0.2) is 17.4 Å². The fourth-order valence-corrected chi connectivity index (χ4v) is 1.65. The lowest BCUT2D eigenvalue weighted by Gasteiger charge is -2.13. The van der Waals surface area contributed by atoms with Crippen molar-refractivity contribution < 1.29 is 13.3 Å². The molecule has 0 saturated heterocycles. The summed E-state index contributed by atoms with van der Waals surface area (Å²) in [5.41, 5.74) is 1.50. The molecule has 1 aromatic heterocycles.